The minimum Gasteiger partial charge on any atom is -0.457 e. The van der Waals surface area contributed by atoms with E-state index in [0.29, 0.717) is 27.1 Å². The van der Waals surface area contributed by atoms with Crippen molar-refractivity contribution in [3.05, 3.63) is 130 Å². The first-order valence-corrected chi connectivity index (χ1v) is 12.1. The van der Waals surface area contributed by atoms with E-state index < -0.39 is 0 Å². The van der Waals surface area contributed by atoms with Gasteiger partial charge in [0.1, 0.15) is 11.5 Å². The summed E-state index contributed by atoms with van der Waals surface area (Å²) in [4.78, 5) is 19.8. The van der Waals surface area contributed by atoms with Crippen LogP contribution in [0, 0.1) is 0 Å². The quantitative estimate of drug-likeness (QED) is 0.229. The van der Waals surface area contributed by atoms with Gasteiger partial charge in [-0.2, -0.15) is 0 Å². The van der Waals surface area contributed by atoms with Gasteiger partial charge in [-0.15, -0.1) is 0 Å². The Labute approximate surface area is 217 Å². The van der Waals surface area contributed by atoms with E-state index >= 15 is 0 Å². The van der Waals surface area contributed by atoms with Gasteiger partial charge in [0.2, 0.25) is 0 Å². The van der Waals surface area contributed by atoms with Crippen molar-refractivity contribution in [2.24, 2.45) is 0 Å². The Morgan fingerprint density at radius 1 is 0.806 bits per heavy atom. The van der Waals surface area contributed by atoms with Crippen LogP contribution in [0.25, 0.3) is 34.0 Å². The zero-order chi connectivity index (χ0) is 24.6. The van der Waals surface area contributed by atoms with Crippen LogP contribution in [0.4, 0.5) is 5.69 Å². The summed E-state index contributed by atoms with van der Waals surface area (Å²) in [6, 6.07) is 28.6. The third-order valence-corrected chi connectivity index (χ3v) is 6.77. The maximum absolute atomic E-state index is 13.7. The minimum atomic E-state index is -0.135. The smallest absolute Gasteiger partial charge is 0.263 e. The highest BCUT2D eigenvalue weighted by atomic mass is 35.5. The van der Waals surface area contributed by atoms with E-state index in [2.05, 4.69) is 4.98 Å². The molecule has 0 atom stereocenters. The van der Waals surface area contributed by atoms with E-state index in [1.165, 1.54) is 0 Å². The van der Waals surface area contributed by atoms with Crippen LogP contribution in [0.5, 0.6) is 0 Å². The van der Waals surface area contributed by atoms with Crippen LogP contribution >= 0.6 is 23.2 Å². The number of amides is 1. The largest absolute Gasteiger partial charge is 0.457 e. The third-order valence-electron chi connectivity index (χ3n) is 6.03. The second-order valence-corrected chi connectivity index (χ2v) is 9.16. The molecule has 4 nitrogen and oxygen atoms in total. The normalized spacial score (nSPS) is 14.6. The zero-order valence-electron chi connectivity index (χ0n) is 18.9. The molecule has 2 aromatic heterocycles. The summed E-state index contributed by atoms with van der Waals surface area (Å²) in [5, 5.41) is 1.90. The van der Waals surface area contributed by atoms with Gasteiger partial charge in [-0.25, -0.2) is 0 Å². The molecule has 0 bridgehead atoms. The Kier molecular flexibility index (Phi) is 5.68. The number of rotatable bonds is 4. The predicted molar refractivity (Wildman–Crippen MR) is 146 cm³/mol. The number of hydrogen-bond donors (Lipinski definition) is 0. The lowest BCUT2D eigenvalue weighted by Crippen LogP contribution is -2.24. The molecule has 1 aliphatic rings. The summed E-state index contributed by atoms with van der Waals surface area (Å²) in [7, 11) is 0. The van der Waals surface area contributed by atoms with Crippen LogP contribution in [0.3, 0.4) is 0 Å². The third kappa shape index (κ3) is 4.11. The number of furan rings is 1. The van der Waals surface area contributed by atoms with Crippen molar-refractivity contribution in [1.29, 1.82) is 0 Å². The minimum absolute atomic E-state index is 0.135. The van der Waals surface area contributed by atoms with E-state index in [-0.39, 0.29) is 5.91 Å². The topological polar surface area (TPSA) is 46.3 Å². The molecule has 1 amide bonds. The first-order valence-electron chi connectivity index (χ1n) is 11.3. The summed E-state index contributed by atoms with van der Waals surface area (Å²) in [5.41, 5.74) is 4.71. The maximum Gasteiger partial charge on any atom is 0.263 e. The van der Waals surface area contributed by atoms with Crippen molar-refractivity contribution >= 4 is 57.5 Å². The van der Waals surface area contributed by atoms with Gasteiger partial charge < -0.3 is 4.42 Å². The van der Waals surface area contributed by atoms with Gasteiger partial charge in [0, 0.05) is 28.4 Å². The summed E-state index contributed by atoms with van der Waals surface area (Å²) >= 11 is 12.2. The lowest BCUT2D eigenvalue weighted by molar-refractivity contribution is -0.113. The van der Waals surface area contributed by atoms with Crippen molar-refractivity contribution < 1.29 is 9.21 Å². The average Bonchev–Trinajstić information content (AvgIpc) is 3.51. The van der Waals surface area contributed by atoms with E-state index in [0.717, 1.165) is 33.4 Å². The second kappa shape index (κ2) is 9.15. The Balaban J connectivity index is 1.41. The monoisotopic (exact) mass is 508 g/mol. The lowest BCUT2D eigenvalue weighted by Gasteiger charge is -2.21. The van der Waals surface area contributed by atoms with E-state index in [1.54, 1.807) is 29.3 Å². The van der Waals surface area contributed by atoms with Gasteiger partial charge in [-0.3, -0.25) is 14.7 Å². The fourth-order valence-corrected chi connectivity index (χ4v) is 4.58. The fraction of sp³-hybridized carbons (Fsp3) is 0. The first kappa shape index (κ1) is 22.4. The summed E-state index contributed by atoms with van der Waals surface area (Å²) < 4.78 is 6.03. The van der Waals surface area contributed by atoms with E-state index in [1.807, 2.05) is 84.9 Å². The van der Waals surface area contributed by atoms with Gasteiger partial charge in [0.25, 0.3) is 5.91 Å². The lowest BCUT2D eigenvalue weighted by atomic mass is 10.1. The molecular weight excluding hydrogens is 491 g/mol. The van der Waals surface area contributed by atoms with E-state index in [4.69, 9.17) is 27.6 Å². The van der Waals surface area contributed by atoms with Gasteiger partial charge in [-0.1, -0.05) is 59.6 Å². The number of fused-ring (bicyclic) bond motifs is 1. The maximum atomic E-state index is 13.7. The Bertz CT molecular complexity index is 1690. The molecule has 0 saturated heterocycles. The molecule has 0 radical (unpaired) electrons. The van der Waals surface area contributed by atoms with Crippen LogP contribution in [0.2, 0.25) is 10.0 Å². The molecule has 5 aromatic rings. The molecule has 0 unspecified atom stereocenters. The van der Waals surface area contributed by atoms with Crippen LogP contribution in [0.15, 0.2) is 113 Å². The summed E-state index contributed by atoms with van der Waals surface area (Å²) in [5.74, 6) is 1.06. The summed E-state index contributed by atoms with van der Waals surface area (Å²) in [6.45, 7) is 0. The molecule has 0 N–H and O–H groups in total. The molecule has 0 spiro atoms. The molecular formula is C30H18Cl2N2O2. The average molecular weight is 509 g/mol. The van der Waals surface area contributed by atoms with Gasteiger partial charge >= 0.3 is 0 Å². The van der Waals surface area contributed by atoms with Gasteiger partial charge in [0.15, 0.2) is 0 Å². The molecule has 174 valence electrons. The van der Waals surface area contributed by atoms with E-state index in [9.17, 15) is 4.79 Å². The van der Waals surface area contributed by atoms with Crippen molar-refractivity contribution in [3.8, 4) is 11.3 Å². The fourth-order valence-electron chi connectivity index (χ4n) is 4.28. The zero-order valence-corrected chi connectivity index (χ0v) is 20.4. The van der Waals surface area contributed by atoms with Crippen LogP contribution in [-0.2, 0) is 4.79 Å². The molecule has 1 aliphatic heterocycles. The van der Waals surface area contributed by atoms with Crippen LogP contribution in [-0.4, -0.2) is 10.9 Å². The number of aromatic nitrogens is 1. The Morgan fingerprint density at radius 2 is 1.67 bits per heavy atom. The number of carbonyl (C=O) groups excluding carboxylic acids is 1. The number of halogens is 2. The molecule has 0 aliphatic carbocycles. The number of benzene rings is 3. The Hall–Kier alpha value is -4.12. The van der Waals surface area contributed by atoms with Gasteiger partial charge in [-0.05, 0) is 72.3 Å². The highest BCUT2D eigenvalue weighted by molar-refractivity contribution is 6.42. The number of hydrogen-bond acceptors (Lipinski definition) is 3. The predicted octanol–water partition coefficient (Wildman–Crippen LogP) is 8.27. The molecule has 3 aromatic carbocycles. The summed E-state index contributed by atoms with van der Waals surface area (Å²) in [6.07, 6.45) is 5.41. The SMILES string of the molecule is O=C1C(=Cc2ccc(-c3ccc(Cl)c(Cl)c3)o2)C=C(c2ccccc2)N1c1ccc2ncccc2c1. The highest BCUT2D eigenvalue weighted by Crippen LogP contribution is 2.37. The molecule has 6 rings (SSSR count). The molecule has 3 heterocycles. The van der Waals surface area contributed by atoms with Crippen molar-refractivity contribution in [2.75, 3.05) is 4.90 Å². The standard InChI is InChI=1S/C30H18Cl2N2O2/c31-25-11-8-21(17-26(25)32)29-13-10-24(36-29)16-22-18-28(19-5-2-1-3-6-19)34(30(22)35)23-9-12-27-20(15-23)7-4-14-33-27/h1-18H. The number of carbonyl (C=O) groups is 1. The molecule has 0 fully saturated rings. The first-order chi connectivity index (χ1) is 17.6. The molecule has 6 heteroatoms. The molecule has 0 saturated carbocycles. The van der Waals surface area contributed by atoms with Gasteiger partial charge in [0.05, 0.1) is 21.3 Å². The Morgan fingerprint density at radius 3 is 2.50 bits per heavy atom. The van der Waals surface area contributed by atoms with Crippen molar-refractivity contribution in [1.82, 2.24) is 4.98 Å². The number of pyridine rings is 1. The van der Waals surface area contributed by atoms with Crippen molar-refractivity contribution in [2.45, 2.75) is 0 Å². The highest BCUT2D eigenvalue weighted by Gasteiger charge is 2.30. The van der Waals surface area contributed by atoms with Crippen molar-refractivity contribution in [3.63, 3.8) is 0 Å². The number of nitrogens with zero attached hydrogens (tertiary/aromatic N) is 2. The second-order valence-electron chi connectivity index (χ2n) is 8.35. The number of anilines is 1. The van der Waals surface area contributed by atoms with Crippen LogP contribution in [0.1, 0.15) is 11.3 Å². The van der Waals surface area contributed by atoms with Crippen LogP contribution < -0.4 is 4.90 Å². The molecule has 36 heavy (non-hydrogen) atoms.